The number of rotatable bonds is 6. The summed E-state index contributed by atoms with van der Waals surface area (Å²) < 4.78 is 5.16. The van der Waals surface area contributed by atoms with Gasteiger partial charge in [0.1, 0.15) is 0 Å². The number of nitrogens with zero attached hydrogens (tertiary/aromatic N) is 4. The quantitative estimate of drug-likeness (QED) is 0.627. The molecule has 7 heteroatoms. The minimum absolute atomic E-state index is 0.178. The maximum Gasteiger partial charge on any atom is 0.338 e. The van der Waals surface area contributed by atoms with Gasteiger partial charge in [-0.2, -0.15) is 5.26 Å². The predicted octanol–water partition coefficient (Wildman–Crippen LogP) is 2.73. The zero-order valence-corrected chi connectivity index (χ0v) is 14.4. The number of carbonyl (C=O) groups excluding carboxylic acids is 2. The molecule has 0 aliphatic carbocycles. The van der Waals surface area contributed by atoms with E-state index in [4.69, 9.17) is 10.00 Å². The third-order valence-electron chi connectivity index (χ3n) is 3.85. The molecule has 0 atom stereocenters. The number of fused-ring (bicyclic) bond motifs is 1. The smallest absolute Gasteiger partial charge is 0.338 e. The van der Waals surface area contributed by atoms with Crippen LogP contribution in [0.25, 0.3) is 11.0 Å². The van der Waals surface area contributed by atoms with Crippen molar-refractivity contribution >= 4 is 28.6 Å². The Balaban J connectivity index is 1.68. The van der Waals surface area contributed by atoms with Crippen LogP contribution in [0.4, 0.5) is 5.69 Å². The normalized spacial score (nSPS) is 10.2. The zero-order valence-electron chi connectivity index (χ0n) is 14.4. The second-order valence-electron chi connectivity index (χ2n) is 5.63. The van der Waals surface area contributed by atoms with Crippen LogP contribution in [-0.4, -0.2) is 35.0 Å². The molecular weight excluding hydrogens is 344 g/mol. The highest BCUT2D eigenvalue weighted by atomic mass is 16.5. The fraction of sp³-hybridized carbons (Fsp3) is 0.150. The first-order valence-corrected chi connectivity index (χ1v) is 8.29. The highest BCUT2D eigenvalue weighted by molar-refractivity contribution is 5.98. The number of ether oxygens (including phenoxy) is 1. The summed E-state index contributed by atoms with van der Waals surface area (Å²) in [5.74, 6) is -1.02. The number of benzene rings is 2. The van der Waals surface area contributed by atoms with Crippen molar-refractivity contribution in [1.29, 1.82) is 5.26 Å². The lowest BCUT2D eigenvalue weighted by Gasteiger charge is -2.21. The number of anilines is 1. The molecule has 134 valence electrons. The second kappa shape index (κ2) is 8.54. The van der Waals surface area contributed by atoms with E-state index >= 15 is 0 Å². The number of hydrogen-bond acceptors (Lipinski definition) is 6. The first-order valence-electron chi connectivity index (χ1n) is 8.29. The van der Waals surface area contributed by atoms with Crippen LogP contribution in [-0.2, 0) is 9.53 Å². The molecule has 3 rings (SSSR count). The highest BCUT2D eigenvalue weighted by Gasteiger charge is 2.18. The average molecular weight is 360 g/mol. The summed E-state index contributed by atoms with van der Waals surface area (Å²) in [6.45, 7) is -0.194. The summed E-state index contributed by atoms with van der Waals surface area (Å²) in [4.78, 5) is 34.5. The Morgan fingerprint density at radius 2 is 1.78 bits per heavy atom. The molecule has 2 aromatic carbocycles. The van der Waals surface area contributed by atoms with Crippen molar-refractivity contribution in [3.05, 3.63) is 66.5 Å². The fourth-order valence-electron chi connectivity index (χ4n) is 2.55. The van der Waals surface area contributed by atoms with Crippen molar-refractivity contribution in [3.63, 3.8) is 0 Å². The van der Waals surface area contributed by atoms with Gasteiger partial charge in [-0.15, -0.1) is 0 Å². The minimum atomic E-state index is -0.621. The molecule has 1 aromatic heterocycles. The maximum atomic E-state index is 12.5. The zero-order chi connectivity index (χ0) is 19.1. The van der Waals surface area contributed by atoms with Gasteiger partial charge in [0.25, 0.3) is 5.91 Å². The number of esters is 1. The number of para-hydroxylation sites is 1. The van der Waals surface area contributed by atoms with Crippen molar-refractivity contribution in [3.8, 4) is 6.07 Å². The number of nitriles is 1. The Morgan fingerprint density at radius 3 is 2.52 bits per heavy atom. The van der Waals surface area contributed by atoms with Crippen molar-refractivity contribution in [2.24, 2.45) is 0 Å². The molecule has 0 aliphatic rings. The number of hydrogen-bond donors (Lipinski definition) is 0. The molecule has 0 saturated heterocycles. The standard InChI is InChI=1S/C20H16N4O3/c21-9-4-12-24(16-5-2-1-3-6-16)19(25)14-27-20(26)15-7-8-17-18(13-15)23-11-10-22-17/h1-3,5-8,10-11,13H,4,12,14H2. The molecule has 0 N–H and O–H groups in total. The van der Waals surface area contributed by atoms with Gasteiger partial charge in [0.15, 0.2) is 6.61 Å². The van der Waals surface area contributed by atoms with Crippen molar-refractivity contribution in [2.75, 3.05) is 18.1 Å². The van der Waals surface area contributed by atoms with E-state index in [-0.39, 0.29) is 13.0 Å². The van der Waals surface area contributed by atoms with Crippen molar-refractivity contribution in [2.45, 2.75) is 6.42 Å². The summed E-state index contributed by atoms with van der Waals surface area (Å²) in [7, 11) is 0. The molecule has 1 amide bonds. The summed E-state index contributed by atoms with van der Waals surface area (Å²) in [6.07, 6.45) is 3.28. The van der Waals surface area contributed by atoms with Gasteiger partial charge in [-0.1, -0.05) is 18.2 Å². The molecule has 0 fully saturated rings. The van der Waals surface area contributed by atoms with Gasteiger partial charge in [0.2, 0.25) is 0 Å². The van der Waals surface area contributed by atoms with Crippen LogP contribution in [0.3, 0.4) is 0 Å². The Hall–Kier alpha value is -3.79. The molecule has 0 aliphatic heterocycles. The summed E-state index contributed by atoms with van der Waals surface area (Å²) in [6, 6.07) is 15.8. The van der Waals surface area contributed by atoms with E-state index < -0.39 is 18.5 Å². The molecule has 0 bridgehead atoms. The van der Waals surface area contributed by atoms with Gasteiger partial charge in [0, 0.05) is 24.6 Å². The Morgan fingerprint density at radius 1 is 1.04 bits per heavy atom. The highest BCUT2D eigenvalue weighted by Crippen LogP contribution is 2.15. The molecule has 0 unspecified atom stereocenters. The van der Waals surface area contributed by atoms with Gasteiger partial charge in [-0.25, -0.2) is 4.79 Å². The largest absolute Gasteiger partial charge is 0.452 e. The Labute approximate surface area is 155 Å². The van der Waals surface area contributed by atoms with Gasteiger partial charge in [-0.3, -0.25) is 14.8 Å². The SMILES string of the molecule is N#CCCN(C(=O)COC(=O)c1ccc2nccnc2c1)c1ccccc1. The van der Waals surface area contributed by atoms with Crippen LogP contribution in [0, 0.1) is 11.3 Å². The molecule has 1 heterocycles. The topological polar surface area (TPSA) is 96.2 Å². The summed E-state index contributed by atoms with van der Waals surface area (Å²) >= 11 is 0. The first kappa shape index (κ1) is 18.0. The van der Waals surface area contributed by atoms with Crippen LogP contribution in [0.15, 0.2) is 60.9 Å². The first-order chi connectivity index (χ1) is 13.2. The van der Waals surface area contributed by atoms with E-state index in [9.17, 15) is 9.59 Å². The number of aromatic nitrogens is 2. The van der Waals surface area contributed by atoms with Crippen LogP contribution in [0.1, 0.15) is 16.8 Å². The van der Waals surface area contributed by atoms with Gasteiger partial charge < -0.3 is 9.64 Å². The number of amides is 1. The van der Waals surface area contributed by atoms with Gasteiger partial charge >= 0.3 is 5.97 Å². The van der Waals surface area contributed by atoms with Crippen LogP contribution in [0.5, 0.6) is 0 Å². The second-order valence-corrected chi connectivity index (χ2v) is 5.63. The predicted molar refractivity (Wildman–Crippen MR) is 98.8 cm³/mol. The lowest BCUT2D eigenvalue weighted by atomic mass is 10.2. The van der Waals surface area contributed by atoms with Crippen LogP contribution in [0.2, 0.25) is 0 Å². The van der Waals surface area contributed by atoms with E-state index in [1.807, 2.05) is 12.1 Å². The van der Waals surface area contributed by atoms with E-state index in [2.05, 4.69) is 9.97 Å². The van der Waals surface area contributed by atoms with Crippen molar-refractivity contribution < 1.29 is 14.3 Å². The lowest BCUT2D eigenvalue weighted by Crippen LogP contribution is -2.35. The van der Waals surface area contributed by atoms with Gasteiger partial charge in [0.05, 0.1) is 29.1 Å². The van der Waals surface area contributed by atoms with E-state index in [0.717, 1.165) is 0 Å². The molecular formula is C20H16N4O3. The van der Waals surface area contributed by atoms with E-state index in [1.54, 1.807) is 48.7 Å². The van der Waals surface area contributed by atoms with E-state index in [0.29, 0.717) is 22.3 Å². The van der Waals surface area contributed by atoms with Gasteiger partial charge in [-0.05, 0) is 30.3 Å². The third-order valence-corrected chi connectivity index (χ3v) is 3.85. The molecule has 27 heavy (non-hydrogen) atoms. The summed E-state index contributed by atoms with van der Waals surface area (Å²) in [5, 5.41) is 8.81. The van der Waals surface area contributed by atoms with Crippen molar-refractivity contribution in [1.82, 2.24) is 9.97 Å². The summed E-state index contributed by atoms with van der Waals surface area (Å²) in [5.41, 5.74) is 2.17. The Bertz CT molecular complexity index is 999. The monoisotopic (exact) mass is 360 g/mol. The van der Waals surface area contributed by atoms with E-state index in [1.165, 1.54) is 11.1 Å². The molecule has 0 saturated carbocycles. The lowest BCUT2D eigenvalue weighted by molar-refractivity contribution is -0.121. The molecule has 0 spiro atoms. The third kappa shape index (κ3) is 4.44. The average Bonchev–Trinajstić information content (AvgIpc) is 2.72. The van der Waals surface area contributed by atoms with Crippen LogP contribution >= 0.6 is 0 Å². The minimum Gasteiger partial charge on any atom is -0.452 e. The van der Waals surface area contributed by atoms with Crippen LogP contribution < -0.4 is 4.90 Å². The number of carbonyl (C=O) groups is 2. The molecule has 3 aromatic rings. The maximum absolute atomic E-state index is 12.5. The Kier molecular flexibility index (Phi) is 5.70. The molecule has 7 nitrogen and oxygen atoms in total. The fourth-order valence-corrected chi connectivity index (χ4v) is 2.55. The molecule has 0 radical (unpaired) electrons.